The van der Waals surface area contributed by atoms with Crippen molar-refractivity contribution < 1.29 is 4.74 Å². The van der Waals surface area contributed by atoms with Crippen LogP contribution in [0.5, 0.6) is 5.88 Å². The molecule has 3 heterocycles. The molecule has 0 saturated heterocycles. The first-order chi connectivity index (χ1) is 12.2. The van der Waals surface area contributed by atoms with Gasteiger partial charge < -0.3 is 10.1 Å². The van der Waals surface area contributed by atoms with Gasteiger partial charge in [-0.15, -0.1) is 0 Å². The Kier molecular flexibility index (Phi) is 4.12. The van der Waals surface area contributed by atoms with Crippen molar-refractivity contribution in [1.29, 1.82) is 0 Å². The predicted molar refractivity (Wildman–Crippen MR) is 93.9 cm³/mol. The van der Waals surface area contributed by atoms with Crippen molar-refractivity contribution in [3.05, 3.63) is 35.0 Å². The zero-order valence-electron chi connectivity index (χ0n) is 13.8. The molecule has 9 nitrogen and oxygen atoms in total. The molecule has 3 aromatic rings. The number of halogens is 1. The van der Waals surface area contributed by atoms with Crippen molar-refractivity contribution in [2.75, 3.05) is 12.4 Å². The van der Waals surface area contributed by atoms with Crippen LogP contribution in [0.15, 0.2) is 29.3 Å². The summed E-state index contributed by atoms with van der Waals surface area (Å²) in [6.07, 6.45) is 8.81. The molecule has 10 heteroatoms. The smallest absolute Gasteiger partial charge is 0.232 e. The molecular weight excluding hydrogens is 388 g/mol. The third kappa shape index (κ3) is 2.97. The first-order valence-electron chi connectivity index (χ1n) is 7.89. The van der Waals surface area contributed by atoms with Crippen LogP contribution in [-0.4, -0.2) is 41.9 Å². The minimum atomic E-state index is 0.346. The summed E-state index contributed by atoms with van der Waals surface area (Å²) in [4.78, 5) is 10.3. The van der Waals surface area contributed by atoms with E-state index in [-0.39, 0.29) is 0 Å². The molecule has 0 atom stereocenters. The van der Waals surface area contributed by atoms with Gasteiger partial charge in [0.05, 0.1) is 59.8 Å². The van der Waals surface area contributed by atoms with E-state index in [1.165, 1.54) is 0 Å². The van der Waals surface area contributed by atoms with Crippen LogP contribution in [0.25, 0.3) is 0 Å². The average Bonchev–Trinajstić information content (AvgIpc) is 3.21. The highest BCUT2D eigenvalue weighted by atomic mass is 79.9. The summed E-state index contributed by atoms with van der Waals surface area (Å²) in [7, 11) is 1.57. The molecule has 25 heavy (non-hydrogen) atoms. The van der Waals surface area contributed by atoms with Gasteiger partial charge in [-0.25, -0.2) is 4.98 Å². The lowest BCUT2D eigenvalue weighted by Crippen LogP contribution is -2.31. The van der Waals surface area contributed by atoms with Crippen molar-refractivity contribution in [2.24, 2.45) is 0 Å². The molecule has 1 N–H and O–H groups in total. The molecule has 1 aliphatic carbocycles. The molecule has 0 unspecified atom stereocenters. The molecule has 130 valence electrons. The van der Waals surface area contributed by atoms with Gasteiger partial charge in [-0.1, -0.05) is 0 Å². The molecule has 0 aliphatic heterocycles. The number of nitrogens with zero attached hydrogens (tertiary/aromatic N) is 7. The number of aromatic nitrogens is 7. The van der Waals surface area contributed by atoms with Crippen LogP contribution < -0.4 is 10.1 Å². The number of methoxy groups -OCH3 is 1. The maximum Gasteiger partial charge on any atom is 0.232 e. The van der Waals surface area contributed by atoms with Crippen LogP contribution >= 0.6 is 15.9 Å². The highest BCUT2D eigenvalue weighted by Crippen LogP contribution is 2.41. The third-order valence-corrected chi connectivity index (χ3v) is 4.94. The SMILES string of the molecule is COc1nc(Nc2cnn(C3CC(n4nccn4)C3)c2C)ncc1Br. The molecule has 3 aromatic heterocycles. The van der Waals surface area contributed by atoms with Crippen LogP contribution in [0.4, 0.5) is 11.6 Å². The molecule has 1 aliphatic rings. The molecule has 0 aromatic carbocycles. The fourth-order valence-corrected chi connectivity index (χ4v) is 3.30. The van der Waals surface area contributed by atoms with Gasteiger partial charge in [-0.3, -0.25) is 4.68 Å². The first kappa shape index (κ1) is 16.0. The van der Waals surface area contributed by atoms with Crippen molar-refractivity contribution in [3.63, 3.8) is 0 Å². The Bertz CT molecular complexity index is 872. The second-order valence-electron chi connectivity index (χ2n) is 5.89. The molecule has 1 saturated carbocycles. The Morgan fingerprint density at radius 2 is 1.92 bits per heavy atom. The lowest BCUT2D eigenvalue weighted by molar-refractivity contribution is 0.158. The summed E-state index contributed by atoms with van der Waals surface area (Å²) in [5.41, 5.74) is 1.92. The van der Waals surface area contributed by atoms with Crippen LogP contribution in [-0.2, 0) is 0 Å². The van der Waals surface area contributed by atoms with Gasteiger partial charge in [0, 0.05) is 0 Å². The summed E-state index contributed by atoms with van der Waals surface area (Å²) in [6.45, 7) is 2.03. The number of hydrogen-bond acceptors (Lipinski definition) is 7. The minimum absolute atomic E-state index is 0.346. The van der Waals surface area contributed by atoms with E-state index in [0.29, 0.717) is 28.4 Å². The van der Waals surface area contributed by atoms with E-state index in [4.69, 9.17) is 4.74 Å². The second-order valence-corrected chi connectivity index (χ2v) is 6.75. The molecule has 1 fully saturated rings. The highest BCUT2D eigenvalue weighted by molar-refractivity contribution is 9.10. The molecule has 0 amide bonds. The number of anilines is 2. The summed E-state index contributed by atoms with van der Waals surface area (Å²) in [6, 6.07) is 0.700. The van der Waals surface area contributed by atoms with Crippen molar-refractivity contribution >= 4 is 27.6 Å². The summed E-state index contributed by atoms with van der Waals surface area (Å²) < 4.78 is 7.95. The standard InChI is InChI=1S/C15H17BrN8O/c1-9-13(21-15-17-7-12(16)14(22-15)25-2)8-20-23(9)10-5-11(6-10)24-18-3-4-19-24/h3-4,7-8,10-11H,5-6H2,1-2H3,(H,17,21,22). The topological polar surface area (TPSA) is 95.6 Å². The van der Waals surface area contributed by atoms with Crippen molar-refractivity contribution in [1.82, 2.24) is 34.7 Å². The van der Waals surface area contributed by atoms with Crippen LogP contribution in [0.3, 0.4) is 0 Å². The lowest BCUT2D eigenvalue weighted by Gasteiger charge is -2.35. The number of nitrogens with one attached hydrogen (secondary N) is 1. The van der Waals surface area contributed by atoms with E-state index < -0.39 is 0 Å². The van der Waals surface area contributed by atoms with E-state index in [2.05, 4.69) is 46.5 Å². The quantitative estimate of drug-likeness (QED) is 0.697. The molecule has 4 rings (SSSR count). The van der Waals surface area contributed by atoms with Crippen LogP contribution in [0, 0.1) is 6.92 Å². The number of hydrogen-bond donors (Lipinski definition) is 1. The van der Waals surface area contributed by atoms with E-state index in [1.807, 2.05) is 11.6 Å². The normalized spacial score (nSPS) is 19.5. The Hall–Kier alpha value is -2.49. The molecule has 0 radical (unpaired) electrons. The third-order valence-electron chi connectivity index (χ3n) is 4.39. The molecule has 0 spiro atoms. The van der Waals surface area contributed by atoms with Gasteiger partial charge in [0.2, 0.25) is 11.8 Å². The van der Waals surface area contributed by atoms with Gasteiger partial charge >= 0.3 is 0 Å². The zero-order chi connectivity index (χ0) is 17.4. The van der Waals surface area contributed by atoms with Gasteiger partial charge in [-0.2, -0.15) is 25.1 Å². The minimum Gasteiger partial charge on any atom is -0.480 e. The van der Waals surface area contributed by atoms with Crippen molar-refractivity contribution in [2.45, 2.75) is 31.8 Å². The van der Waals surface area contributed by atoms with E-state index >= 15 is 0 Å². The Balaban J connectivity index is 1.47. The fraction of sp³-hybridized carbons (Fsp3) is 0.400. The summed E-state index contributed by atoms with van der Waals surface area (Å²) >= 11 is 3.35. The Labute approximate surface area is 152 Å². The van der Waals surface area contributed by atoms with E-state index in [0.717, 1.165) is 24.2 Å². The summed E-state index contributed by atoms with van der Waals surface area (Å²) in [5, 5.41) is 16.1. The second kappa shape index (κ2) is 6.43. The van der Waals surface area contributed by atoms with Gasteiger partial charge in [0.15, 0.2) is 0 Å². The van der Waals surface area contributed by atoms with Crippen LogP contribution in [0.2, 0.25) is 0 Å². The monoisotopic (exact) mass is 404 g/mol. The largest absolute Gasteiger partial charge is 0.480 e. The molecular formula is C15H17BrN8O. The molecule has 0 bridgehead atoms. The Morgan fingerprint density at radius 1 is 1.16 bits per heavy atom. The summed E-state index contributed by atoms with van der Waals surface area (Å²) in [5.74, 6) is 0.950. The lowest BCUT2D eigenvalue weighted by atomic mass is 9.87. The van der Waals surface area contributed by atoms with E-state index in [9.17, 15) is 0 Å². The number of ether oxygens (including phenoxy) is 1. The van der Waals surface area contributed by atoms with Gasteiger partial charge in [0.1, 0.15) is 0 Å². The predicted octanol–water partition coefficient (Wildman–Crippen LogP) is 2.66. The van der Waals surface area contributed by atoms with Crippen LogP contribution in [0.1, 0.15) is 30.6 Å². The maximum atomic E-state index is 5.20. The zero-order valence-corrected chi connectivity index (χ0v) is 15.4. The maximum absolute atomic E-state index is 5.20. The number of rotatable bonds is 5. The van der Waals surface area contributed by atoms with Gasteiger partial charge in [-0.05, 0) is 35.7 Å². The average molecular weight is 405 g/mol. The first-order valence-corrected chi connectivity index (χ1v) is 8.68. The van der Waals surface area contributed by atoms with Gasteiger partial charge in [0.25, 0.3) is 0 Å². The highest BCUT2D eigenvalue weighted by Gasteiger charge is 2.34. The Morgan fingerprint density at radius 3 is 2.64 bits per heavy atom. The van der Waals surface area contributed by atoms with Crippen molar-refractivity contribution in [3.8, 4) is 5.88 Å². The van der Waals surface area contributed by atoms with E-state index in [1.54, 1.807) is 36.7 Å². The fourth-order valence-electron chi connectivity index (χ4n) is 2.95.